The Labute approximate surface area is 155 Å². The van der Waals surface area contributed by atoms with Gasteiger partial charge in [-0.15, -0.1) is 0 Å². The van der Waals surface area contributed by atoms with E-state index in [9.17, 15) is 8.42 Å². The molecule has 2 aromatic rings. The van der Waals surface area contributed by atoms with E-state index in [1.165, 1.54) is 0 Å². The molecule has 2 atom stereocenters. The molecule has 2 aliphatic rings. The maximum absolute atomic E-state index is 13.5. The number of hydrogen-bond acceptors (Lipinski definition) is 4. The summed E-state index contributed by atoms with van der Waals surface area (Å²) in [6.07, 6.45) is 1.44. The van der Waals surface area contributed by atoms with Crippen molar-refractivity contribution < 1.29 is 13.2 Å². The van der Waals surface area contributed by atoms with Crippen molar-refractivity contribution in [1.82, 2.24) is 9.21 Å². The van der Waals surface area contributed by atoms with Gasteiger partial charge in [0.15, 0.2) is 0 Å². The first-order valence-corrected chi connectivity index (χ1v) is 10.5. The van der Waals surface area contributed by atoms with Crippen LogP contribution in [0.1, 0.15) is 18.4 Å². The van der Waals surface area contributed by atoms with Gasteiger partial charge in [0.05, 0.1) is 6.04 Å². The van der Waals surface area contributed by atoms with E-state index in [0.717, 1.165) is 31.5 Å². The predicted molar refractivity (Wildman–Crippen MR) is 101 cm³/mol. The second kappa shape index (κ2) is 7.02. The molecule has 0 aromatic heterocycles. The molecule has 0 spiro atoms. The fraction of sp³-hybridized carbons (Fsp3) is 0.400. The molecule has 6 heteroatoms. The molecule has 0 aliphatic carbocycles. The standard InChI is InChI=1S/C20H24N2O3S/c1-21-13-11-17-18(12-14-21)25-19-9-5-6-10-20(19)26(23,24)22(17)15-16-7-3-2-4-8-16/h2-10,17-18H,11-15H2,1H3/t17-,18-/m1/s1. The molecule has 138 valence electrons. The molecule has 0 saturated carbocycles. The molecule has 5 nitrogen and oxygen atoms in total. The van der Waals surface area contributed by atoms with Crippen LogP contribution >= 0.6 is 0 Å². The smallest absolute Gasteiger partial charge is 0.247 e. The number of nitrogens with zero attached hydrogens (tertiary/aromatic N) is 2. The third-order valence-electron chi connectivity index (χ3n) is 5.30. The van der Waals surface area contributed by atoms with Crippen LogP contribution in [0.15, 0.2) is 59.5 Å². The zero-order valence-electron chi connectivity index (χ0n) is 14.9. The molecule has 2 heterocycles. The normalized spacial score (nSPS) is 26.0. The molecule has 1 fully saturated rings. The summed E-state index contributed by atoms with van der Waals surface area (Å²) in [5.74, 6) is 0.475. The van der Waals surface area contributed by atoms with Crippen LogP contribution in [0, 0.1) is 0 Å². The van der Waals surface area contributed by atoms with Gasteiger partial charge in [-0.25, -0.2) is 8.42 Å². The average Bonchev–Trinajstić information content (AvgIpc) is 2.87. The van der Waals surface area contributed by atoms with E-state index in [4.69, 9.17) is 4.74 Å². The molecule has 1 saturated heterocycles. The summed E-state index contributed by atoms with van der Waals surface area (Å²) in [6.45, 7) is 2.13. The molecule has 2 aliphatic heterocycles. The van der Waals surface area contributed by atoms with E-state index in [-0.39, 0.29) is 17.0 Å². The molecule has 0 radical (unpaired) electrons. The highest BCUT2D eigenvalue weighted by atomic mass is 32.2. The van der Waals surface area contributed by atoms with Crippen molar-refractivity contribution >= 4 is 10.0 Å². The highest BCUT2D eigenvalue weighted by Gasteiger charge is 2.42. The van der Waals surface area contributed by atoms with Crippen molar-refractivity contribution in [2.24, 2.45) is 0 Å². The number of rotatable bonds is 2. The van der Waals surface area contributed by atoms with Gasteiger partial charge in [-0.2, -0.15) is 4.31 Å². The summed E-state index contributed by atoms with van der Waals surface area (Å²) in [7, 11) is -1.55. The predicted octanol–water partition coefficient (Wildman–Crippen LogP) is 2.73. The van der Waals surface area contributed by atoms with E-state index in [1.807, 2.05) is 36.4 Å². The first-order valence-electron chi connectivity index (χ1n) is 9.06. The van der Waals surface area contributed by atoms with Gasteiger partial charge >= 0.3 is 0 Å². The van der Waals surface area contributed by atoms with E-state index in [2.05, 4.69) is 11.9 Å². The quantitative estimate of drug-likeness (QED) is 0.813. The fourth-order valence-corrected chi connectivity index (χ4v) is 5.64. The monoisotopic (exact) mass is 372 g/mol. The van der Waals surface area contributed by atoms with Crippen LogP contribution in [0.2, 0.25) is 0 Å². The average molecular weight is 372 g/mol. The second-order valence-corrected chi connectivity index (χ2v) is 8.95. The van der Waals surface area contributed by atoms with Gasteiger partial charge in [0.1, 0.15) is 16.7 Å². The van der Waals surface area contributed by atoms with Crippen LogP contribution in [-0.4, -0.2) is 49.9 Å². The maximum atomic E-state index is 13.5. The van der Waals surface area contributed by atoms with Gasteiger partial charge in [0.2, 0.25) is 10.0 Å². The van der Waals surface area contributed by atoms with E-state index >= 15 is 0 Å². The maximum Gasteiger partial charge on any atom is 0.247 e. The lowest BCUT2D eigenvalue weighted by atomic mass is 10.1. The Morgan fingerprint density at radius 1 is 1.00 bits per heavy atom. The largest absolute Gasteiger partial charge is 0.487 e. The molecule has 4 rings (SSSR count). The van der Waals surface area contributed by atoms with Gasteiger partial charge in [0.25, 0.3) is 0 Å². The summed E-state index contributed by atoms with van der Waals surface area (Å²) in [5.41, 5.74) is 0.992. The Bertz CT molecular complexity index is 870. The number of likely N-dealkylation sites (tertiary alicyclic amines) is 1. The van der Waals surface area contributed by atoms with Gasteiger partial charge in [-0.05, 0) is 44.1 Å². The van der Waals surface area contributed by atoms with Crippen LogP contribution in [0.5, 0.6) is 5.75 Å². The minimum absolute atomic E-state index is 0.137. The molecular formula is C20H24N2O3S. The lowest BCUT2D eigenvalue weighted by Crippen LogP contribution is -2.46. The molecular weight excluding hydrogens is 348 g/mol. The zero-order chi connectivity index (χ0) is 18.1. The number of ether oxygens (including phenoxy) is 1. The Kier molecular flexibility index (Phi) is 4.73. The molecule has 0 bridgehead atoms. The highest BCUT2D eigenvalue weighted by Crippen LogP contribution is 2.37. The molecule has 0 amide bonds. The Balaban J connectivity index is 1.80. The summed E-state index contributed by atoms with van der Waals surface area (Å²) < 4.78 is 34.9. The van der Waals surface area contributed by atoms with Crippen molar-refractivity contribution in [3.05, 3.63) is 60.2 Å². The third-order valence-corrected chi connectivity index (χ3v) is 7.21. The molecule has 0 unspecified atom stereocenters. The van der Waals surface area contributed by atoms with Gasteiger partial charge in [-0.3, -0.25) is 0 Å². The van der Waals surface area contributed by atoms with Crippen LogP contribution in [0.3, 0.4) is 0 Å². The zero-order valence-corrected chi connectivity index (χ0v) is 15.7. The first kappa shape index (κ1) is 17.5. The fourth-order valence-electron chi connectivity index (χ4n) is 3.85. The topological polar surface area (TPSA) is 49.9 Å². The number of hydrogen-bond donors (Lipinski definition) is 0. The summed E-state index contributed by atoms with van der Waals surface area (Å²) >= 11 is 0. The van der Waals surface area contributed by atoms with Crippen molar-refractivity contribution in [3.8, 4) is 5.75 Å². The van der Waals surface area contributed by atoms with Gasteiger partial charge < -0.3 is 9.64 Å². The number of benzene rings is 2. The molecule has 2 aromatic carbocycles. The summed E-state index contributed by atoms with van der Waals surface area (Å²) in [6, 6.07) is 16.6. The lowest BCUT2D eigenvalue weighted by Gasteiger charge is -2.31. The number of para-hydroxylation sites is 1. The van der Waals surface area contributed by atoms with E-state index in [0.29, 0.717) is 12.3 Å². The third kappa shape index (κ3) is 3.24. The van der Waals surface area contributed by atoms with E-state index in [1.54, 1.807) is 22.5 Å². The van der Waals surface area contributed by atoms with Gasteiger partial charge in [-0.1, -0.05) is 42.5 Å². The first-order chi connectivity index (χ1) is 12.6. The molecule has 26 heavy (non-hydrogen) atoms. The van der Waals surface area contributed by atoms with E-state index < -0.39 is 10.0 Å². The molecule has 0 N–H and O–H groups in total. The lowest BCUT2D eigenvalue weighted by molar-refractivity contribution is 0.110. The van der Waals surface area contributed by atoms with Crippen molar-refractivity contribution in [3.63, 3.8) is 0 Å². The Hall–Kier alpha value is -1.89. The summed E-state index contributed by atoms with van der Waals surface area (Å²) in [4.78, 5) is 2.52. The Morgan fingerprint density at radius 2 is 1.69 bits per heavy atom. The SMILES string of the molecule is CN1CC[C@@H]2[C@@H](CC1)Oc1ccccc1S(=O)(=O)N2Cc1ccccc1. The van der Waals surface area contributed by atoms with Crippen molar-refractivity contribution in [2.75, 3.05) is 20.1 Å². The second-order valence-electron chi connectivity index (χ2n) is 7.09. The van der Waals surface area contributed by atoms with Crippen LogP contribution in [0.4, 0.5) is 0 Å². The van der Waals surface area contributed by atoms with Crippen molar-refractivity contribution in [1.29, 1.82) is 0 Å². The van der Waals surface area contributed by atoms with Gasteiger partial charge in [0, 0.05) is 13.1 Å². The van der Waals surface area contributed by atoms with Crippen LogP contribution in [-0.2, 0) is 16.6 Å². The van der Waals surface area contributed by atoms with Crippen LogP contribution < -0.4 is 4.74 Å². The number of fused-ring (bicyclic) bond motifs is 2. The summed E-state index contributed by atoms with van der Waals surface area (Å²) in [5, 5.41) is 0. The highest BCUT2D eigenvalue weighted by molar-refractivity contribution is 7.89. The van der Waals surface area contributed by atoms with Crippen LogP contribution in [0.25, 0.3) is 0 Å². The number of sulfonamides is 1. The minimum atomic E-state index is -3.63. The minimum Gasteiger partial charge on any atom is -0.487 e. The Morgan fingerprint density at radius 3 is 2.50 bits per heavy atom. The van der Waals surface area contributed by atoms with Crippen molar-refractivity contribution in [2.45, 2.75) is 36.4 Å².